The molecule has 0 amide bonds. The lowest BCUT2D eigenvalue weighted by molar-refractivity contribution is -0.944. The fourth-order valence-electron chi connectivity index (χ4n) is 9.55. The van der Waals surface area contributed by atoms with Gasteiger partial charge in [-0.3, -0.25) is 0 Å². The summed E-state index contributed by atoms with van der Waals surface area (Å²) in [5.74, 6) is -8.37. The van der Waals surface area contributed by atoms with E-state index in [2.05, 4.69) is 0 Å². The van der Waals surface area contributed by atoms with Crippen LogP contribution in [0.5, 0.6) is 0 Å². The summed E-state index contributed by atoms with van der Waals surface area (Å²) < 4.78 is 104. The largest absolute Gasteiger partial charge is 1.00 e. The van der Waals surface area contributed by atoms with Crippen molar-refractivity contribution in [2.45, 2.75) is 38.5 Å². The van der Waals surface area contributed by atoms with Crippen LogP contribution in [0, 0.1) is 34.9 Å². The van der Waals surface area contributed by atoms with Crippen molar-refractivity contribution in [3.63, 3.8) is 0 Å². The van der Waals surface area contributed by atoms with E-state index in [1.807, 2.05) is 121 Å². The second-order valence-electron chi connectivity index (χ2n) is 16.2. The van der Waals surface area contributed by atoms with E-state index in [1.165, 1.54) is 0 Å². The van der Waals surface area contributed by atoms with Crippen LogP contribution >= 0.6 is 0 Å². The summed E-state index contributed by atoms with van der Waals surface area (Å²) >= 11 is 0. The summed E-state index contributed by atoms with van der Waals surface area (Å²) in [4.78, 5) is 0. The molecule has 62 heavy (non-hydrogen) atoms. The van der Waals surface area contributed by atoms with E-state index in [9.17, 15) is 8.78 Å². The highest BCUT2D eigenvalue weighted by molar-refractivity contribution is 6.12. The summed E-state index contributed by atoms with van der Waals surface area (Å²) in [6.07, 6.45) is -0.855. The smallest absolute Gasteiger partial charge is 0.194 e. The minimum absolute atomic E-state index is 0. The number of fused-ring (bicyclic) bond motifs is 7. The van der Waals surface area contributed by atoms with Gasteiger partial charge in [-0.2, -0.15) is 0 Å². The van der Waals surface area contributed by atoms with Crippen LogP contribution in [-0.4, -0.2) is 29.8 Å². The van der Waals surface area contributed by atoms with Gasteiger partial charge in [0.25, 0.3) is 0 Å². The van der Waals surface area contributed by atoms with Gasteiger partial charge in [-0.15, -0.1) is 0 Å². The van der Waals surface area contributed by atoms with Crippen molar-refractivity contribution in [1.29, 1.82) is 0 Å². The molecule has 0 saturated carbocycles. The average molecular weight is 903 g/mol. The molecule has 2 heterocycles. The van der Waals surface area contributed by atoms with Crippen LogP contribution in [0.1, 0.15) is 22.3 Å². The number of rotatable bonds is 8. The van der Waals surface area contributed by atoms with Crippen molar-refractivity contribution >= 4 is 21.5 Å². The lowest BCUT2D eigenvalue weighted by atomic mass is 9.82. The fraction of sp³-hybridized carbons (Fsp3) is 0.154. The molecule has 0 aliphatic carbocycles. The summed E-state index contributed by atoms with van der Waals surface area (Å²) in [5, 5.41) is 3.22. The molecule has 10 heteroatoms. The van der Waals surface area contributed by atoms with Crippen LogP contribution in [0.2, 0.25) is 0 Å². The molecule has 0 radical (unpaired) electrons. The Labute approximate surface area is 365 Å². The monoisotopic (exact) mass is 901 g/mol. The molecule has 312 valence electrons. The predicted octanol–water partition coefficient (Wildman–Crippen LogP) is 9.85. The molecule has 2 atom stereocenters. The van der Waals surface area contributed by atoms with Gasteiger partial charge in [0.2, 0.25) is 0 Å². The third-order valence-corrected chi connectivity index (χ3v) is 12.3. The van der Waals surface area contributed by atoms with E-state index in [-0.39, 0.29) is 28.1 Å². The van der Waals surface area contributed by atoms with Crippen molar-refractivity contribution in [2.24, 2.45) is 0 Å². The lowest BCUT2D eigenvalue weighted by Crippen LogP contribution is -3.00. The maximum Gasteiger partial charge on any atom is 0.194 e. The zero-order valence-corrected chi connectivity index (χ0v) is 34.7. The number of hydrogen-bond acceptors (Lipinski definition) is 2. The first-order valence-corrected chi connectivity index (χ1v) is 20.2. The van der Waals surface area contributed by atoms with E-state index in [4.69, 9.17) is 9.47 Å². The van der Waals surface area contributed by atoms with Gasteiger partial charge in [-0.25, -0.2) is 26.3 Å². The van der Waals surface area contributed by atoms with Gasteiger partial charge in [-0.1, -0.05) is 109 Å². The maximum atomic E-state index is 15.2. The first-order valence-electron chi connectivity index (χ1n) is 20.2. The van der Waals surface area contributed by atoms with Crippen molar-refractivity contribution in [3.8, 4) is 33.4 Å². The number of benzene rings is 8. The lowest BCUT2D eigenvalue weighted by Gasteiger charge is -2.35. The molecule has 8 aromatic rings. The normalized spacial score (nSPS) is 16.5. The van der Waals surface area contributed by atoms with Crippen molar-refractivity contribution in [3.05, 3.63) is 203 Å². The Hall–Kier alpha value is -5.78. The van der Waals surface area contributed by atoms with Crippen molar-refractivity contribution < 1.29 is 57.3 Å². The Morgan fingerprint density at radius 2 is 0.806 bits per heavy atom. The molecular weight excluding hydrogens is 864 g/mol. The van der Waals surface area contributed by atoms with E-state index in [0.29, 0.717) is 55.0 Å². The Balaban J connectivity index is 0.00000490. The highest BCUT2D eigenvalue weighted by Crippen LogP contribution is 2.51. The SMILES string of the molecule is Fc1cc(-c2cc3ccccc3c3c2C[N+]2(Cc4c(-c5cc(F)c(F)c(F)c5)cc5ccccc5c4-3)C[C@@H](OCc3ccccc3)[C@H](OCc3ccccc3)C2)cc(F)c1F.[Br-]. The first kappa shape index (κ1) is 41.6. The van der Waals surface area contributed by atoms with Crippen molar-refractivity contribution in [2.75, 3.05) is 13.1 Å². The maximum absolute atomic E-state index is 15.2. The number of quaternary nitrogens is 1. The van der Waals surface area contributed by atoms with Crippen LogP contribution in [0.15, 0.2) is 146 Å². The molecule has 2 aliphatic rings. The standard InChI is InChI=1S/C52H38F6NO2.BrH/c53-43-21-35(22-44(54)51(43)57)39-19-33-15-7-9-17-37(33)49-41(39)25-59(27-47(60-29-31-11-3-1-4-12-31)48(28-59)61-30-32-13-5-2-6-14-32)26-42-40(36-23-45(55)52(58)46(56)24-36)20-34-16-8-10-18-38(34)50(42)49;/h1-24,47-48H,25-30H2;1H/q+1;/p-1/t47-,48-;/m1./s1. The third-order valence-electron chi connectivity index (χ3n) is 12.3. The van der Waals surface area contributed by atoms with E-state index >= 15 is 17.6 Å². The Morgan fingerprint density at radius 3 is 1.19 bits per heavy atom. The molecular formula is C52H38BrF6NO2. The molecule has 10 rings (SSSR count). The van der Waals surface area contributed by atoms with Gasteiger partial charge < -0.3 is 30.9 Å². The minimum atomic E-state index is -1.56. The minimum Gasteiger partial charge on any atom is -1.00 e. The van der Waals surface area contributed by atoms with Gasteiger partial charge in [0.15, 0.2) is 34.9 Å². The quantitative estimate of drug-likeness (QED) is 0.0860. The molecule has 0 aromatic heterocycles. The second-order valence-corrected chi connectivity index (χ2v) is 16.2. The zero-order chi connectivity index (χ0) is 41.8. The van der Waals surface area contributed by atoms with Crippen LogP contribution in [-0.2, 0) is 35.8 Å². The van der Waals surface area contributed by atoms with Crippen LogP contribution in [0.3, 0.4) is 0 Å². The third kappa shape index (κ3) is 7.59. The van der Waals surface area contributed by atoms with Gasteiger partial charge in [0.1, 0.15) is 38.4 Å². The van der Waals surface area contributed by atoms with Crippen molar-refractivity contribution in [1.82, 2.24) is 0 Å². The molecule has 0 unspecified atom stereocenters. The summed E-state index contributed by atoms with van der Waals surface area (Å²) in [6.45, 7) is 2.14. The van der Waals surface area contributed by atoms with Crippen LogP contribution in [0.25, 0.3) is 54.9 Å². The van der Waals surface area contributed by atoms with E-state index in [0.717, 1.165) is 79.2 Å². The predicted molar refractivity (Wildman–Crippen MR) is 225 cm³/mol. The summed E-state index contributed by atoms with van der Waals surface area (Å²) in [5.41, 5.74) is 6.39. The summed E-state index contributed by atoms with van der Waals surface area (Å²) in [6, 6.07) is 42.9. The van der Waals surface area contributed by atoms with Gasteiger partial charge in [0.05, 0.1) is 13.2 Å². The molecule has 0 N–H and O–H groups in total. The molecule has 1 fully saturated rings. The van der Waals surface area contributed by atoms with E-state index < -0.39 is 47.1 Å². The number of nitrogens with zero attached hydrogens (tertiary/aromatic N) is 1. The topological polar surface area (TPSA) is 18.5 Å². The van der Waals surface area contributed by atoms with Crippen LogP contribution < -0.4 is 17.0 Å². The molecule has 3 nitrogen and oxygen atoms in total. The molecule has 2 aliphatic heterocycles. The highest BCUT2D eigenvalue weighted by Gasteiger charge is 2.50. The second kappa shape index (κ2) is 16.8. The van der Waals surface area contributed by atoms with Gasteiger partial charge in [-0.05, 0) is 91.3 Å². The number of ether oxygens (including phenoxy) is 2. The Kier molecular flexibility index (Phi) is 11.3. The molecule has 1 saturated heterocycles. The van der Waals surface area contributed by atoms with Gasteiger partial charge in [0, 0.05) is 22.3 Å². The van der Waals surface area contributed by atoms with E-state index in [1.54, 1.807) is 0 Å². The van der Waals surface area contributed by atoms with Gasteiger partial charge >= 0.3 is 0 Å². The first-order chi connectivity index (χ1) is 29.6. The fourth-order valence-corrected chi connectivity index (χ4v) is 9.55. The Bertz CT molecular complexity index is 2730. The Morgan fingerprint density at radius 1 is 0.452 bits per heavy atom. The molecule has 0 bridgehead atoms. The summed E-state index contributed by atoms with van der Waals surface area (Å²) in [7, 11) is 0. The average Bonchev–Trinajstić information content (AvgIpc) is 3.53. The zero-order valence-electron chi connectivity index (χ0n) is 33.2. The highest BCUT2D eigenvalue weighted by atomic mass is 79.9. The molecule has 1 spiro atoms. The van der Waals surface area contributed by atoms with Crippen LogP contribution in [0.4, 0.5) is 26.3 Å². The molecule has 8 aromatic carbocycles. The number of halogens is 7. The number of hydrogen-bond donors (Lipinski definition) is 0.